The highest BCUT2D eigenvalue weighted by atomic mass is 32.2. The van der Waals surface area contributed by atoms with Crippen LogP contribution in [-0.4, -0.2) is 27.3 Å². The first-order valence-electron chi connectivity index (χ1n) is 5.92. The van der Waals surface area contributed by atoms with Gasteiger partial charge in [0.1, 0.15) is 0 Å². The zero-order valence-electron chi connectivity index (χ0n) is 10.8. The average Bonchev–Trinajstić information content (AvgIpc) is 2.79. The minimum absolute atomic E-state index is 0.417. The second-order valence-electron chi connectivity index (χ2n) is 4.01. The van der Waals surface area contributed by atoms with Gasteiger partial charge in [-0.15, -0.1) is 5.10 Å². The molecule has 0 bridgehead atoms. The Morgan fingerprint density at radius 2 is 2.06 bits per heavy atom. The number of hydrogen-bond donors (Lipinski definition) is 1. The van der Waals surface area contributed by atoms with Gasteiger partial charge in [-0.05, 0) is 53.4 Å². The van der Waals surface area contributed by atoms with Gasteiger partial charge in [-0.3, -0.25) is 0 Å². The lowest BCUT2D eigenvalue weighted by Gasteiger charge is -2.14. The molecule has 1 heterocycles. The number of rotatable bonds is 5. The highest BCUT2D eigenvalue weighted by molar-refractivity contribution is 7.99. The number of aromatic nitrogens is 4. The van der Waals surface area contributed by atoms with Gasteiger partial charge in [-0.25, -0.2) is 4.68 Å². The zero-order valence-corrected chi connectivity index (χ0v) is 11.6. The third kappa shape index (κ3) is 2.88. The van der Waals surface area contributed by atoms with Crippen molar-refractivity contribution < 1.29 is 0 Å². The number of hydrogen-bond acceptors (Lipinski definition) is 5. The van der Waals surface area contributed by atoms with Gasteiger partial charge in [0.15, 0.2) is 0 Å². The number of nitrogens with one attached hydrogen (secondary N) is 1. The van der Waals surface area contributed by atoms with Crippen LogP contribution in [0, 0.1) is 0 Å². The predicted octanol–water partition coefficient (Wildman–Crippen LogP) is 2.03. The molecule has 0 aliphatic heterocycles. The summed E-state index contributed by atoms with van der Waals surface area (Å²) in [6, 6.07) is 8.93. The number of benzene rings is 1. The lowest BCUT2D eigenvalue weighted by Crippen LogP contribution is -2.14. The number of aryl methyl sites for hydroxylation is 1. The van der Waals surface area contributed by atoms with Gasteiger partial charge in [-0.2, -0.15) is 0 Å². The van der Waals surface area contributed by atoms with Crippen molar-refractivity contribution in [2.45, 2.75) is 29.4 Å². The monoisotopic (exact) mass is 263 g/mol. The van der Waals surface area contributed by atoms with E-state index in [0.717, 1.165) is 16.5 Å². The van der Waals surface area contributed by atoms with E-state index in [0.29, 0.717) is 6.04 Å². The SMILES string of the molecule is CCC(NC)c1ccc(Sc2nnnn2C)cc1. The van der Waals surface area contributed by atoms with Crippen LogP contribution in [0.1, 0.15) is 24.9 Å². The van der Waals surface area contributed by atoms with Crippen LogP contribution in [0.4, 0.5) is 0 Å². The summed E-state index contributed by atoms with van der Waals surface area (Å²) in [7, 11) is 3.83. The Bertz CT molecular complexity index is 489. The van der Waals surface area contributed by atoms with E-state index in [1.54, 1.807) is 16.4 Å². The zero-order chi connectivity index (χ0) is 13.0. The molecule has 2 aromatic rings. The molecule has 0 saturated carbocycles. The third-order valence-electron chi connectivity index (χ3n) is 2.83. The minimum atomic E-state index is 0.417. The molecule has 1 unspecified atom stereocenters. The largest absolute Gasteiger partial charge is 0.313 e. The van der Waals surface area contributed by atoms with Crippen molar-refractivity contribution in [3.63, 3.8) is 0 Å². The molecule has 0 amide bonds. The Morgan fingerprint density at radius 1 is 1.33 bits per heavy atom. The minimum Gasteiger partial charge on any atom is -0.313 e. The Balaban J connectivity index is 2.10. The molecule has 0 fully saturated rings. The Kier molecular flexibility index (Phi) is 4.33. The molecule has 1 aromatic heterocycles. The molecule has 1 aromatic carbocycles. The van der Waals surface area contributed by atoms with Crippen LogP contribution in [0.5, 0.6) is 0 Å². The van der Waals surface area contributed by atoms with E-state index in [1.165, 1.54) is 5.56 Å². The van der Waals surface area contributed by atoms with E-state index in [4.69, 9.17) is 0 Å². The van der Waals surface area contributed by atoms with Crippen LogP contribution in [0.15, 0.2) is 34.3 Å². The molecular formula is C12H17N5S. The Hall–Kier alpha value is -1.40. The fraction of sp³-hybridized carbons (Fsp3) is 0.417. The highest BCUT2D eigenvalue weighted by Gasteiger charge is 2.08. The molecule has 0 saturated heterocycles. The second-order valence-corrected chi connectivity index (χ2v) is 5.05. The van der Waals surface area contributed by atoms with Gasteiger partial charge in [0, 0.05) is 18.0 Å². The van der Waals surface area contributed by atoms with Crippen LogP contribution in [-0.2, 0) is 7.05 Å². The first-order valence-corrected chi connectivity index (χ1v) is 6.73. The maximum Gasteiger partial charge on any atom is 0.213 e. The molecule has 0 spiro atoms. The molecule has 0 radical (unpaired) electrons. The van der Waals surface area contributed by atoms with Crippen molar-refractivity contribution in [1.82, 2.24) is 25.5 Å². The molecule has 1 atom stereocenters. The predicted molar refractivity (Wildman–Crippen MR) is 71.5 cm³/mol. The topological polar surface area (TPSA) is 55.6 Å². The quantitative estimate of drug-likeness (QED) is 0.894. The van der Waals surface area contributed by atoms with Gasteiger partial charge in [0.2, 0.25) is 5.16 Å². The molecule has 6 heteroatoms. The van der Waals surface area contributed by atoms with Gasteiger partial charge in [0.05, 0.1) is 0 Å². The molecule has 1 N–H and O–H groups in total. The van der Waals surface area contributed by atoms with Crippen LogP contribution in [0.25, 0.3) is 0 Å². The summed E-state index contributed by atoms with van der Waals surface area (Å²) in [5, 5.41) is 15.5. The van der Waals surface area contributed by atoms with E-state index >= 15 is 0 Å². The van der Waals surface area contributed by atoms with Crippen molar-refractivity contribution in [2.24, 2.45) is 7.05 Å². The van der Waals surface area contributed by atoms with E-state index in [2.05, 4.69) is 52.0 Å². The molecule has 2 rings (SSSR count). The second kappa shape index (κ2) is 5.97. The van der Waals surface area contributed by atoms with Crippen molar-refractivity contribution >= 4 is 11.8 Å². The van der Waals surface area contributed by atoms with E-state index in [-0.39, 0.29) is 0 Å². The maximum absolute atomic E-state index is 3.95. The molecule has 96 valence electrons. The van der Waals surface area contributed by atoms with Crippen LogP contribution in [0.3, 0.4) is 0 Å². The van der Waals surface area contributed by atoms with Crippen molar-refractivity contribution in [1.29, 1.82) is 0 Å². The molecule has 5 nitrogen and oxygen atoms in total. The first kappa shape index (κ1) is 13.0. The summed E-state index contributed by atoms with van der Waals surface area (Å²) in [4.78, 5) is 1.14. The van der Waals surface area contributed by atoms with Crippen LogP contribution >= 0.6 is 11.8 Å². The van der Waals surface area contributed by atoms with E-state index < -0.39 is 0 Å². The van der Waals surface area contributed by atoms with Gasteiger partial charge >= 0.3 is 0 Å². The lowest BCUT2D eigenvalue weighted by molar-refractivity contribution is 0.576. The normalized spacial score (nSPS) is 12.6. The highest BCUT2D eigenvalue weighted by Crippen LogP contribution is 2.26. The van der Waals surface area contributed by atoms with Gasteiger partial charge < -0.3 is 5.32 Å². The summed E-state index contributed by atoms with van der Waals surface area (Å²) in [6.45, 7) is 2.18. The molecular weight excluding hydrogens is 246 g/mol. The van der Waals surface area contributed by atoms with Gasteiger partial charge in [-0.1, -0.05) is 19.1 Å². The number of tetrazole rings is 1. The first-order chi connectivity index (χ1) is 8.74. The van der Waals surface area contributed by atoms with E-state index in [1.807, 2.05) is 14.1 Å². The molecule has 18 heavy (non-hydrogen) atoms. The third-order valence-corrected chi connectivity index (χ3v) is 3.87. The lowest BCUT2D eigenvalue weighted by atomic mass is 10.1. The summed E-state index contributed by atoms with van der Waals surface area (Å²) in [5.41, 5.74) is 1.31. The van der Waals surface area contributed by atoms with E-state index in [9.17, 15) is 0 Å². The summed E-state index contributed by atoms with van der Waals surface area (Å²) < 4.78 is 1.67. The number of nitrogens with zero attached hydrogens (tertiary/aromatic N) is 4. The smallest absolute Gasteiger partial charge is 0.213 e. The van der Waals surface area contributed by atoms with Crippen LogP contribution < -0.4 is 5.32 Å². The van der Waals surface area contributed by atoms with Crippen LogP contribution in [0.2, 0.25) is 0 Å². The molecule has 0 aliphatic rings. The van der Waals surface area contributed by atoms with Crippen molar-refractivity contribution in [3.8, 4) is 0 Å². The maximum atomic E-state index is 3.95. The fourth-order valence-electron chi connectivity index (χ4n) is 1.79. The Labute approximate surface area is 111 Å². The van der Waals surface area contributed by atoms with Gasteiger partial charge in [0.25, 0.3) is 0 Å². The average molecular weight is 263 g/mol. The fourth-order valence-corrected chi connectivity index (χ4v) is 2.52. The summed E-state index contributed by atoms with van der Waals surface area (Å²) >= 11 is 1.56. The standard InChI is InChI=1S/C12H17N5S/c1-4-11(13-2)9-5-7-10(8-6-9)18-12-14-15-16-17(12)3/h5-8,11,13H,4H2,1-3H3. The molecule has 0 aliphatic carbocycles. The Morgan fingerprint density at radius 3 is 2.56 bits per heavy atom. The van der Waals surface area contributed by atoms with Crippen molar-refractivity contribution in [2.75, 3.05) is 7.05 Å². The van der Waals surface area contributed by atoms with Crippen molar-refractivity contribution in [3.05, 3.63) is 29.8 Å². The summed E-state index contributed by atoms with van der Waals surface area (Å²) in [6.07, 6.45) is 1.08. The summed E-state index contributed by atoms with van der Waals surface area (Å²) in [5.74, 6) is 0.